The van der Waals surface area contributed by atoms with Crippen molar-refractivity contribution in [1.82, 2.24) is 0 Å². The molecule has 20 heavy (non-hydrogen) atoms. The minimum Gasteiger partial charge on any atom is -0.482 e. The number of rotatable bonds is 4. The molecule has 0 aromatic heterocycles. The highest BCUT2D eigenvalue weighted by Crippen LogP contribution is 2.35. The van der Waals surface area contributed by atoms with Crippen LogP contribution in [0.2, 0.25) is 15.1 Å². The second-order valence-electron chi connectivity index (χ2n) is 3.92. The molecule has 0 N–H and O–H groups in total. The number of halogens is 4. The number of hydrogen-bond acceptors (Lipinski definition) is 2. The molecule has 0 bridgehead atoms. The highest BCUT2D eigenvalue weighted by atomic mass is 79.9. The van der Waals surface area contributed by atoms with Crippen LogP contribution in [0.25, 0.3) is 0 Å². The van der Waals surface area contributed by atoms with E-state index < -0.39 is 0 Å². The van der Waals surface area contributed by atoms with Gasteiger partial charge in [-0.25, -0.2) is 0 Å². The Morgan fingerprint density at radius 2 is 1.60 bits per heavy atom. The van der Waals surface area contributed by atoms with E-state index in [-0.39, 0.29) is 28.2 Å². The zero-order valence-electron chi connectivity index (χ0n) is 10.00. The van der Waals surface area contributed by atoms with E-state index in [0.717, 1.165) is 4.47 Å². The molecule has 0 amide bonds. The Morgan fingerprint density at radius 3 is 2.15 bits per heavy atom. The first-order valence-corrected chi connectivity index (χ1v) is 7.46. The molecule has 0 radical (unpaired) electrons. The maximum Gasteiger partial charge on any atom is 0.200 e. The number of Topliss-reactive ketones (excluding diaryl/α,β-unsaturated/α-hetero) is 1. The van der Waals surface area contributed by atoms with Gasteiger partial charge in [0.15, 0.2) is 18.1 Å². The van der Waals surface area contributed by atoms with Gasteiger partial charge in [0.2, 0.25) is 0 Å². The summed E-state index contributed by atoms with van der Waals surface area (Å²) in [6, 6.07) is 10.0. The molecule has 0 atom stereocenters. The third kappa shape index (κ3) is 3.89. The summed E-state index contributed by atoms with van der Waals surface area (Å²) in [5.41, 5.74) is 0.550. The van der Waals surface area contributed by atoms with Crippen LogP contribution in [0.5, 0.6) is 5.75 Å². The molecular formula is C14H8BrCl3O2. The Morgan fingerprint density at radius 1 is 1.05 bits per heavy atom. The van der Waals surface area contributed by atoms with Crippen molar-refractivity contribution in [3.63, 3.8) is 0 Å². The van der Waals surface area contributed by atoms with Gasteiger partial charge in [-0.2, -0.15) is 0 Å². The Hall–Kier alpha value is -0.740. The quantitative estimate of drug-likeness (QED) is 0.625. The first kappa shape index (κ1) is 15.6. The van der Waals surface area contributed by atoms with E-state index in [1.807, 2.05) is 0 Å². The summed E-state index contributed by atoms with van der Waals surface area (Å²) in [4.78, 5) is 12.0. The van der Waals surface area contributed by atoms with Gasteiger partial charge in [-0.3, -0.25) is 4.79 Å². The van der Waals surface area contributed by atoms with Crippen molar-refractivity contribution in [1.29, 1.82) is 0 Å². The number of hydrogen-bond donors (Lipinski definition) is 0. The van der Waals surface area contributed by atoms with Gasteiger partial charge in [-0.15, -0.1) is 0 Å². The number of carbonyl (C=O) groups excluding carboxylic acids is 1. The molecule has 0 saturated carbocycles. The van der Waals surface area contributed by atoms with Crippen LogP contribution in [0, 0.1) is 0 Å². The fourth-order valence-corrected chi connectivity index (χ4v) is 2.71. The zero-order valence-corrected chi connectivity index (χ0v) is 13.9. The smallest absolute Gasteiger partial charge is 0.200 e. The van der Waals surface area contributed by atoms with Crippen LogP contribution in [0.4, 0.5) is 0 Å². The van der Waals surface area contributed by atoms with E-state index in [1.54, 1.807) is 24.3 Å². The van der Waals surface area contributed by atoms with E-state index in [2.05, 4.69) is 15.9 Å². The summed E-state index contributed by atoms with van der Waals surface area (Å²) in [6.07, 6.45) is 0. The molecule has 2 aromatic carbocycles. The Kier molecular flexibility index (Phi) is 5.33. The van der Waals surface area contributed by atoms with Crippen LogP contribution in [0.1, 0.15) is 10.4 Å². The second kappa shape index (κ2) is 6.81. The summed E-state index contributed by atoms with van der Waals surface area (Å²) in [7, 11) is 0. The second-order valence-corrected chi connectivity index (χ2v) is 6.08. The molecule has 0 aliphatic heterocycles. The van der Waals surface area contributed by atoms with Gasteiger partial charge < -0.3 is 4.74 Å². The van der Waals surface area contributed by atoms with Gasteiger partial charge in [0.1, 0.15) is 0 Å². The summed E-state index contributed by atoms with van der Waals surface area (Å²) < 4.78 is 6.29. The molecule has 0 aliphatic rings. The van der Waals surface area contributed by atoms with E-state index >= 15 is 0 Å². The monoisotopic (exact) mass is 392 g/mol. The minimum absolute atomic E-state index is 0.150. The number of carbonyl (C=O) groups is 1. The molecule has 0 spiro atoms. The van der Waals surface area contributed by atoms with Gasteiger partial charge in [-0.1, -0.05) is 62.9 Å². The molecule has 0 aliphatic carbocycles. The highest BCUT2D eigenvalue weighted by Gasteiger charge is 2.12. The third-order valence-electron chi connectivity index (χ3n) is 2.48. The van der Waals surface area contributed by atoms with E-state index in [4.69, 9.17) is 39.5 Å². The van der Waals surface area contributed by atoms with Crippen LogP contribution in [-0.2, 0) is 0 Å². The number of ketones is 1. The predicted molar refractivity (Wildman–Crippen MR) is 85.4 cm³/mol. The number of ether oxygens (including phenoxy) is 1. The summed E-state index contributed by atoms with van der Waals surface area (Å²) in [6.45, 7) is -0.150. The molecule has 0 saturated heterocycles. The molecule has 6 heteroatoms. The fraction of sp³-hybridized carbons (Fsp3) is 0.0714. The SMILES string of the molecule is O=C(COc1c(Cl)cc(Cl)cc1Cl)c1ccc(Br)cc1. The Balaban J connectivity index is 2.09. The summed E-state index contributed by atoms with van der Waals surface area (Å²) in [5, 5.41) is 0.948. The van der Waals surface area contributed by atoms with E-state index in [9.17, 15) is 4.79 Å². The molecular weight excluding hydrogens is 386 g/mol. The van der Waals surface area contributed by atoms with Crippen LogP contribution in [0.3, 0.4) is 0 Å². The van der Waals surface area contributed by atoms with Crippen molar-refractivity contribution in [2.24, 2.45) is 0 Å². The number of benzene rings is 2. The van der Waals surface area contributed by atoms with Gasteiger partial charge in [0.05, 0.1) is 10.0 Å². The first-order chi connectivity index (χ1) is 9.47. The normalized spacial score (nSPS) is 10.4. The molecule has 0 unspecified atom stereocenters. The lowest BCUT2D eigenvalue weighted by atomic mass is 10.1. The topological polar surface area (TPSA) is 26.3 Å². The van der Waals surface area contributed by atoms with Crippen molar-refractivity contribution >= 4 is 56.5 Å². The maximum absolute atomic E-state index is 12.0. The molecule has 104 valence electrons. The van der Waals surface area contributed by atoms with Gasteiger partial charge in [-0.05, 0) is 24.3 Å². The largest absolute Gasteiger partial charge is 0.482 e. The standard InChI is InChI=1S/C14H8BrCl3O2/c15-9-3-1-8(2-4-9)13(19)7-20-14-11(17)5-10(16)6-12(14)18/h1-6H,7H2. The van der Waals surface area contributed by atoms with Crippen molar-refractivity contribution in [2.45, 2.75) is 0 Å². The average molecular weight is 394 g/mol. The fourth-order valence-electron chi connectivity index (χ4n) is 1.52. The summed E-state index contributed by atoms with van der Waals surface area (Å²) in [5.74, 6) is 0.0859. The van der Waals surface area contributed by atoms with Crippen LogP contribution in [-0.4, -0.2) is 12.4 Å². The first-order valence-electron chi connectivity index (χ1n) is 5.53. The highest BCUT2D eigenvalue weighted by molar-refractivity contribution is 9.10. The van der Waals surface area contributed by atoms with E-state index in [0.29, 0.717) is 10.6 Å². The van der Waals surface area contributed by atoms with Gasteiger partial charge >= 0.3 is 0 Å². The lowest BCUT2D eigenvalue weighted by Crippen LogP contribution is -2.11. The van der Waals surface area contributed by atoms with Gasteiger partial charge in [0, 0.05) is 15.1 Å². The Labute approximate surface area is 139 Å². The molecule has 2 aromatic rings. The van der Waals surface area contributed by atoms with Crippen molar-refractivity contribution < 1.29 is 9.53 Å². The van der Waals surface area contributed by atoms with E-state index in [1.165, 1.54) is 12.1 Å². The van der Waals surface area contributed by atoms with Crippen LogP contribution >= 0.6 is 50.7 Å². The van der Waals surface area contributed by atoms with Crippen molar-refractivity contribution in [3.05, 3.63) is 61.5 Å². The summed E-state index contributed by atoms with van der Waals surface area (Å²) >= 11 is 21.1. The third-order valence-corrected chi connectivity index (χ3v) is 3.79. The van der Waals surface area contributed by atoms with Crippen molar-refractivity contribution in [2.75, 3.05) is 6.61 Å². The zero-order chi connectivity index (χ0) is 14.7. The molecule has 0 heterocycles. The van der Waals surface area contributed by atoms with Crippen molar-refractivity contribution in [3.8, 4) is 5.75 Å². The van der Waals surface area contributed by atoms with Gasteiger partial charge in [0.25, 0.3) is 0 Å². The lowest BCUT2D eigenvalue weighted by molar-refractivity contribution is 0.0921. The lowest BCUT2D eigenvalue weighted by Gasteiger charge is -2.09. The minimum atomic E-state index is -0.167. The molecule has 0 fully saturated rings. The Bertz CT molecular complexity index is 618. The predicted octanol–water partition coefficient (Wildman–Crippen LogP) is 5.67. The average Bonchev–Trinajstić information content (AvgIpc) is 2.38. The maximum atomic E-state index is 12.0. The molecule has 2 nitrogen and oxygen atoms in total. The van der Waals surface area contributed by atoms with Crippen LogP contribution in [0.15, 0.2) is 40.9 Å². The molecule has 2 rings (SSSR count). The van der Waals surface area contributed by atoms with Crippen LogP contribution < -0.4 is 4.74 Å².